The Hall–Kier alpha value is -2.46. The second-order valence-electron chi connectivity index (χ2n) is 5.50. The molecule has 0 N–H and O–H groups in total. The molecule has 1 heterocycles. The normalized spacial score (nSPS) is 11.7. The number of aromatic nitrogens is 1. The summed E-state index contributed by atoms with van der Waals surface area (Å²) in [5.41, 5.74) is 3.98. The van der Waals surface area contributed by atoms with Crippen LogP contribution in [0.1, 0.15) is 20.8 Å². The van der Waals surface area contributed by atoms with Gasteiger partial charge < -0.3 is 4.57 Å². The van der Waals surface area contributed by atoms with Crippen molar-refractivity contribution in [1.82, 2.24) is 4.57 Å². The highest BCUT2D eigenvalue weighted by Crippen LogP contribution is 2.24. The van der Waals surface area contributed by atoms with Crippen LogP contribution >= 0.6 is 11.3 Å². The third-order valence-corrected chi connectivity index (χ3v) is 4.79. The van der Waals surface area contributed by atoms with Gasteiger partial charge in [-0.3, -0.25) is 4.79 Å². The summed E-state index contributed by atoms with van der Waals surface area (Å²) < 4.78 is 1.99. The van der Waals surface area contributed by atoms with Gasteiger partial charge in [0.25, 0.3) is 5.91 Å². The number of amides is 1. The van der Waals surface area contributed by atoms with Crippen molar-refractivity contribution in [3.63, 3.8) is 0 Å². The van der Waals surface area contributed by atoms with Crippen LogP contribution in [-0.4, -0.2) is 10.5 Å². The fourth-order valence-electron chi connectivity index (χ4n) is 2.52. The first-order chi connectivity index (χ1) is 11.1. The van der Waals surface area contributed by atoms with Crippen LogP contribution in [-0.2, 0) is 7.05 Å². The molecule has 3 rings (SSSR count). The number of nitrogens with zero attached hydrogens (tertiary/aromatic N) is 2. The summed E-state index contributed by atoms with van der Waals surface area (Å²) in [5.74, 6) is -0.207. The predicted molar refractivity (Wildman–Crippen MR) is 94.5 cm³/mol. The molecule has 0 radical (unpaired) electrons. The van der Waals surface area contributed by atoms with Crippen LogP contribution < -0.4 is 4.80 Å². The number of benzene rings is 2. The van der Waals surface area contributed by atoms with Crippen LogP contribution in [0.15, 0.2) is 59.6 Å². The molecule has 0 unspecified atom stereocenters. The summed E-state index contributed by atoms with van der Waals surface area (Å²) in [7, 11) is 1.95. The van der Waals surface area contributed by atoms with Crippen molar-refractivity contribution >= 4 is 17.2 Å². The number of hydrogen-bond acceptors (Lipinski definition) is 2. The van der Waals surface area contributed by atoms with Gasteiger partial charge in [0, 0.05) is 17.5 Å². The average Bonchev–Trinajstić information content (AvgIpc) is 2.82. The van der Waals surface area contributed by atoms with Gasteiger partial charge in [0.2, 0.25) is 0 Å². The van der Waals surface area contributed by atoms with E-state index in [-0.39, 0.29) is 5.91 Å². The lowest BCUT2D eigenvalue weighted by atomic mass is 10.1. The van der Waals surface area contributed by atoms with E-state index in [2.05, 4.69) is 24.0 Å². The number of rotatable bonds is 2. The third kappa shape index (κ3) is 3.17. The molecule has 4 heteroatoms. The third-order valence-electron chi connectivity index (χ3n) is 3.74. The Bertz CT molecular complexity index is 903. The van der Waals surface area contributed by atoms with Crippen LogP contribution in [0.4, 0.5) is 0 Å². The van der Waals surface area contributed by atoms with E-state index in [9.17, 15) is 4.79 Å². The second-order valence-corrected chi connectivity index (χ2v) is 6.68. The quantitative estimate of drug-likeness (QED) is 0.699. The molecule has 0 saturated heterocycles. The van der Waals surface area contributed by atoms with Crippen molar-refractivity contribution in [3.8, 4) is 11.3 Å². The van der Waals surface area contributed by atoms with Gasteiger partial charge in [0.15, 0.2) is 4.80 Å². The minimum absolute atomic E-state index is 0.207. The summed E-state index contributed by atoms with van der Waals surface area (Å²) in [5, 5.41) is 0. The van der Waals surface area contributed by atoms with Gasteiger partial charge in [-0.15, -0.1) is 11.3 Å². The molecule has 0 spiro atoms. The van der Waals surface area contributed by atoms with Gasteiger partial charge >= 0.3 is 0 Å². The Morgan fingerprint density at radius 3 is 2.30 bits per heavy atom. The molecule has 0 aliphatic heterocycles. The minimum atomic E-state index is -0.207. The fraction of sp³-hybridized carbons (Fsp3) is 0.158. The van der Waals surface area contributed by atoms with Gasteiger partial charge in [-0.25, -0.2) is 0 Å². The Morgan fingerprint density at radius 2 is 1.65 bits per heavy atom. The standard InChI is InChI=1S/C19H18N2OS/c1-13-9-11-16(12-10-13)18(22)20-19-21(3)17(14(2)23-19)15-7-5-4-6-8-15/h4-12H,1-3H3. The van der Waals surface area contributed by atoms with Gasteiger partial charge in [-0.2, -0.15) is 4.99 Å². The molecule has 0 saturated carbocycles. The number of thiazole rings is 1. The van der Waals surface area contributed by atoms with E-state index in [1.165, 1.54) is 11.3 Å². The van der Waals surface area contributed by atoms with E-state index in [0.29, 0.717) is 10.4 Å². The smallest absolute Gasteiger partial charge is 0.279 e. The maximum absolute atomic E-state index is 12.4. The van der Waals surface area contributed by atoms with Crippen molar-refractivity contribution in [1.29, 1.82) is 0 Å². The lowest BCUT2D eigenvalue weighted by Crippen LogP contribution is -2.14. The Kier molecular flexibility index (Phi) is 4.26. The minimum Gasteiger partial charge on any atom is -0.319 e. The van der Waals surface area contributed by atoms with Crippen molar-refractivity contribution in [2.45, 2.75) is 13.8 Å². The Labute approximate surface area is 139 Å². The van der Waals surface area contributed by atoms with Crippen molar-refractivity contribution in [2.24, 2.45) is 12.0 Å². The van der Waals surface area contributed by atoms with Crippen LogP contribution in [0, 0.1) is 13.8 Å². The molecule has 2 aromatic carbocycles. The molecular formula is C19H18N2OS. The van der Waals surface area contributed by atoms with Crippen LogP contribution in [0.2, 0.25) is 0 Å². The Balaban J connectivity index is 2.04. The molecule has 0 aliphatic carbocycles. The van der Waals surface area contributed by atoms with Gasteiger partial charge in [-0.1, -0.05) is 48.0 Å². The zero-order valence-corrected chi connectivity index (χ0v) is 14.2. The molecule has 1 aromatic heterocycles. The maximum atomic E-state index is 12.4. The van der Waals surface area contributed by atoms with Crippen LogP contribution in [0.25, 0.3) is 11.3 Å². The Morgan fingerprint density at radius 1 is 1.00 bits per heavy atom. The number of aryl methyl sites for hydroxylation is 2. The maximum Gasteiger partial charge on any atom is 0.279 e. The van der Waals surface area contributed by atoms with Crippen LogP contribution in [0.5, 0.6) is 0 Å². The van der Waals surface area contributed by atoms with E-state index in [4.69, 9.17) is 0 Å². The molecule has 3 nitrogen and oxygen atoms in total. The first-order valence-electron chi connectivity index (χ1n) is 7.44. The van der Waals surface area contributed by atoms with E-state index >= 15 is 0 Å². The lowest BCUT2D eigenvalue weighted by Gasteiger charge is -2.04. The van der Waals surface area contributed by atoms with Crippen molar-refractivity contribution < 1.29 is 4.79 Å². The molecular weight excluding hydrogens is 304 g/mol. The van der Waals surface area contributed by atoms with Gasteiger partial charge in [0.05, 0.1) is 5.69 Å². The molecule has 3 aromatic rings. The molecule has 0 aliphatic rings. The number of carbonyl (C=O) groups excluding carboxylic acids is 1. The summed E-state index contributed by atoms with van der Waals surface area (Å²) >= 11 is 1.54. The van der Waals surface area contributed by atoms with E-state index < -0.39 is 0 Å². The second kappa shape index (κ2) is 6.34. The van der Waals surface area contributed by atoms with E-state index in [0.717, 1.165) is 21.7 Å². The molecule has 23 heavy (non-hydrogen) atoms. The molecule has 116 valence electrons. The number of carbonyl (C=O) groups is 1. The molecule has 0 fully saturated rings. The SMILES string of the molecule is Cc1ccc(C(=O)N=c2sc(C)c(-c3ccccc3)n2C)cc1. The first-order valence-corrected chi connectivity index (χ1v) is 8.25. The highest BCUT2D eigenvalue weighted by atomic mass is 32.1. The van der Waals surface area contributed by atoms with Crippen LogP contribution in [0.3, 0.4) is 0 Å². The monoisotopic (exact) mass is 322 g/mol. The van der Waals surface area contributed by atoms with E-state index in [1.807, 2.05) is 61.0 Å². The van der Waals surface area contributed by atoms with Crippen molar-refractivity contribution in [3.05, 3.63) is 75.4 Å². The average molecular weight is 322 g/mol. The summed E-state index contributed by atoms with van der Waals surface area (Å²) in [6.45, 7) is 4.06. The zero-order valence-electron chi connectivity index (χ0n) is 13.4. The molecule has 0 atom stereocenters. The topological polar surface area (TPSA) is 34.4 Å². The zero-order chi connectivity index (χ0) is 16.4. The summed E-state index contributed by atoms with van der Waals surface area (Å²) in [6, 6.07) is 17.7. The molecule has 1 amide bonds. The van der Waals surface area contributed by atoms with Gasteiger partial charge in [0.1, 0.15) is 0 Å². The first kappa shape index (κ1) is 15.4. The van der Waals surface area contributed by atoms with Gasteiger partial charge in [-0.05, 0) is 31.5 Å². The lowest BCUT2D eigenvalue weighted by molar-refractivity contribution is 0.0998. The largest absolute Gasteiger partial charge is 0.319 e. The predicted octanol–water partition coefficient (Wildman–Crippen LogP) is 4.11. The summed E-state index contributed by atoms with van der Waals surface area (Å²) in [4.78, 5) is 18.5. The van der Waals surface area contributed by atoms with E-state index in [1.54, 1.807) is 0 Å². The molecule has 0 bridgehead atoms. The van der Waals surface area contributed by atoms with Crippen molar-refractivity contribution in [2.75, 3.05) is 0 Å². The summed E-state index contributed by atoms with van der Waals surface area (Å²) in [6.07, 6.45) is 0. The number of hydrogen-bond donors (Lipinski definition) is 0. The highest BCUT2D eigenvalue weighted by Gasteiger charge is 2.11. The highest BCUT2D eigenvalue weighted by molar-refractivity contribution is 7.09. The fourth-order valence-corrected chi connectivity index (χ4v) is 3.51.